The molecule has 0 spiro atoms. The molecule has 1 aromatic rings. The highest BCUT2D eigenvalue weighted by atomic mass is 14.9. The van der Waals surface area contributed by atoms with Crippen LogP contribution in [0.15, 0.2) is 0 Å². The van der Waals surface area contributed by atoms with Crippen molar-refractivity contribution in [1.82, 2.24) is 15.3 Å². The Morgan fingerprint density at radius 3 is 2.65 bits per heavy atom. The molecule has 3 heteroatoms. The molecule has 0 radical (unpaired) electrons. The zero-order valence-corrected chi connectivity index (χ0v) is 12.9. The molecule has 0 saturated heterocycles. The third-order valence-corrected chi connectivity index (χ3v) is 5.06. The average Bonchev–Trinajstić information content (AvgIpc) is 2.49. The molecule has 1 aromatic heterocycles. The average molecular weight is 273 g/mol. The summed E-state index contributed by atoms with van der Waals surface area (Å²) < 4.78 is 0. The van der Waals surface area contributed by atoms with Gasteiger partial charge in [0.15, 0.2) is 0 Å². The largest absolute Gasteiger partial charge is 0.319 e. The van der Waals surface area contributed by atoms with Gasteiger partial charge >= 0.3 is 0 Å². The van der Waals surface area contributed by atoms with E-state index in [0.29, 0.717) is 5.92 Å². The lowest BCUT2D eigenvalue weighted by Crippen LogP contribution is -2.27. The summed E-state index contributed by atoms with van der Waals surface area (Å²) in [5.74, 6) is 2.53. The number of aryl methyl sites for hydroxylation is 2. The molecule has 1 saturated carbocycles. The van der Waals surface area contributed by atoms with Gasteiger partial charge in [0.25, 0.3) is 0 Å². The number of rotatable bonds is 3. The molecule has 3 rings (SSSR count). The minimum absolute atomic E-state index is 0.628. The number of nitrogens with one attached hydrogen (secondary N) is 1. The van der Waals surface area contributed by atoms with E-state index in [-0.39, 0.29) is 0 Å². The van der Waals surface area contributed by atoms with E-state index in [4.69, 9.17) is 9.97 Å². The van der Waals surface area contributed by atoms with Crippen LogP contribution in [0.1, 0.15) is 67.2 Å². The normalized spacial score (nSPS) is 23.6. The molecule has 2 aliphatic carbocycles. The third-order valence-electron chi connectivity index (χ3n) is 5.06. The van der Waals surface area contributed by atoms with Gasteiger partial charge in [-0.3, -0.25) is 0 Å². The number of fused-ring (bicyclic) bond motifs is 1. The summed E-state index contributed by atoms with van der Waals surface area (Å²) in [6.45, 7) is 3.30. The lowest BCUT2D eigenvalue weighted by atomic mass is 9.84. The Labute approximate surface area is 122 Å². The zero-order chi connectivity index (χ0) is 13.9. The highest BCUT2D eigenvalue weighted by Gasteiger charge is 2.25. The van der Waals surface area contributed by atoms with Gasteiger partial charge in [0.1, 0.15) is 5.82 Å². The Kier molecular flexibility index (Phi) is 4.35. The number of aromatic nitrogens is 2. The van der Waals surface area contributed by atoms with Crippen LogP contribution in [0.5, 0.6) is 0 Å². The molecule has 0 amide bonds. The second-order valence-electron chi connectivity index (χ2n) is 6.59. The van der Waals surface area contributed by atoms with Crippen LogP contribution in [0.4, 0.5) is 0 Å². The van der Waals surface area contributed by atoms with Crippen molar-refractivity contribution >= 4 is 0 Å². The summed E-state index contributed by atoms with van der Waals surface area (Å²) >= 11 is 0. The fourth-order valence-corrected chi connectivity index (χ4v) is 3.89. The monoisotopic (exact) mass is 273 g/mol. The standard InChI is InChI=1S/C17H27N3/c1-12-15-10-13(11-18-2)8-9-16(15)20-17(19-12)14-6-4-3-5-7-14/h13-14,18H,3-11H2,1-2H3. The number of nitrogens with zero attached hydrogens (tertiary/aromatic N) is 2. The Bertz CT molecular complexity index is 464. The molecule has 1 heterocycles. The van der Waals surface area contributed by atoms with Crippen molar-refractivity contribution in [1.29, 1.82) is 0 Å². The molecule has 1 atom stereocenters. The molecule has 0 aliphatic heterocycles. The summed E-state index contributed by atoms with van der Waals surface area (Å²) in [6, 6.07) is 0. The Morgan fingerprint density at radius 1 is 1.10 bits per heavy atom. The predicted octanol–water partition coefficient (Wildman–Crippen LogP) is 3.16. The maximum atomic E-state index is 4.96. The molecule has 2 aliphatic rings. The van der Waals surface area contributed by atoms with Crippen molar-refractivity contribution < 1.29 is 0 Å². The van der Waals surface area contributed by atoms with E-state index in [0.717, 1.165) is 31.1 Å². The molecule has 0 bridgehead atoms. The molecule has 0 aromatic carbocycles. The highest BCUT2D eigenvalue weighted by Crippen LogP contribution is 2.33. The molecule has 1 unspecified atom stereocenters. The second-order valence-corrected chi connectivity index (χ2v) is 6.59. The van der Waals surface area contributed by atoms with E-state index >= 15 is 0 Å². The van der Waals surface area contributed by atoms with Gasteiger partial charge < -0.3 is 5.32 Å². The van der Waals surface area contributed by atoms with Gasteiger partial charge in [0, 0.05) is 17.3 Å². The maximum absolute atomic E-state index is 4.96. The van der Waals surface area contributed by atoms with E-state index in [1.165, 1.54) is 55.5 Å². The van der Waals surface area contributed by atoms with E-state index in [2.05, 4.69) is 12.2 Å². The highest BCUT2D eigenvalue weighted by molar-refractivity contribution is 5.29. The zero-order valence-electron chi connectivity index (χ0n) is 12.9. The fraction of sp³-hybridized carbons (Fsp3) is 0.765. The summed E-state index contributed by atoms with van der Waals surface area (Å²) in [5, 5.41) is 3.31. The molecule has 1 fully saturated rings. The van der Waals surface area contributed by atoms with Crippen molar-refractivity contribution in [2.24, 2.45) is 5.92 Å². The molecule has 110 valence electrons. The van der Waals surface area contributed by atoms with Crippen LogP contribution >= 0.6 is 0 Å². The van der Waals surface area contributed by atoms with Gasteiger partial charge in [-0.2, -0.15) is 0 Å². The van der Waals surface area contributed by atoms with Gasteiger partial charge in [0.05, 0.1) is 0 Å². The van der Waals surface area contributed by atoms with Crippen LogP contribution in [-0.2, 0) is 12.8 Å². The van der Waals surface area contributed by atoms with E-state index in [9.17, 15) is 0 Å². The first-order valence-corrected chi connectivity index (χ1v) is 8.29. The van der Waals surface area contributed by atoms with E-state index < -0.39 is 0 Å². The second kappa shape index (κ2) is 6.21. The van der Waals surface area contributed by atoms with E-state index in [1.807, 2.05) is 7.05 Å². The van der Waals surface area contributed by atoms with Gasteiger partial charge in [-0.05, 0) is 64.1 Å². The SMILES string of the molecule is CNCC1CCc2nc(C3CCCCC3)nc(C)c2C1. The number of hydrogen-bond acceptors (Lipinski definition) is 3. The molecular weight excluding hydrogens is 246 g/mol. The van der Waals surface area contributed by atoms with Crippen LogP contribution in [0.2, 0.25) is 0 Å². The van der Waals surface area contributed by atoms with Crippen molar-refractivity contribution in [3.63, 3.8) is 0 Å². The molecule has 3 nitrogen and oxygen atoms in total. The smallest absolute Gasteiger partial charge is 0.131 e. The van der Waals surface area contributed by atoms with Crippen LogP contribution in [-0.4, -0.2) is 23.6 Å². The topological polar surface area (TPSA) is 37.8 Å². The van der Waals surface area contributed by atoms with Gasteiger partial charge in [0.2, 0.25) is 0 Å². The van der Waals surface area contributed by atoms with Crippen LogP contribution in [0, 0.1) is 12.8 Å². The van der Waals surface area contributed by atoms with Gasteiger partial charge in [-0.15, -0.1) is 0 Å². The van der Waals surface area contributed by atoms with Crippen molar-refractivity contribution in [2.75, 3.05) is 13.6 Å². The maximum Gasteiger partial charge on any atom is 0.131 e. The summed E-state index contributed by atoms with van der Waals surface area (Å²) in [6.07, 6.45) is 10.3. The lowest BCUT2D eigenvalue weighted by molar-refractivity contribution is 0.412. The fourth-order valence-electron chi connectivity index (χ4n) is 3.89. The minimum Gasteiger partial charge on any atom is -0.319 e. The Balaban J connectivity index is 1.82. The first kappa shape index (κ1) is 14.0. The van der Waals surface area contributed by atoms with Crippen molar-refractivity contribution in [3.05, 3.63) is 22.8 Å². The molecule has 1 N–H and O–H groups in total. The third kappa shape index (κ3) is 2.88. The summed E-state index contributed by atoms with van der Waals surface area (Å²) in [7, 11) is 2.05. The Hall–Kier alpha value is -0.960. The number of hydrogen-bond donors (Lipinski definition) is 1. The molecular formula is C17H27N3. The predicted molar refractivity (Wildman–Crippen MR) is 82.0 cm³/mol. The first-order chi connectivity index (χ1) is 9.78. The Morgan fingerprint density at radius 2 is 1.90 bits per heavy atom. The first-order valence-electron chi connectivity index (χ1n) is 8.29. The van der Waals surface area contributed by atoms with Crippen molar-refractivity contribution in [3.8, 4) is 0 Å². The van der Waals surface area contributed by atoms with E-state index in [1.54, 1.807) is 0 Å². The summed E-state index contributed by atoms with van der Waals surface area (Å²) in [5.41, 5.74) is 4.04. The van der Waals surface area contributed by atoms with Gasteiger partial charge in [-0.25, -0.2) is 9.97 Å². The van der Waals surface area contributed by atoms with Crippen molar-refractivity contribution in [2.45, 2.75) is 64.2 Å². The summed E-state index contributed by atoms with van der Waals surface area (Å²) in [4.78, 5) is 9.83. The van der Waals surface area contributed by atoms with Gasteiger partial charge in [-0.1, -0.05) is 19.3 Å². The van der Waals surface area contributed by atoms with Crippen LogP contribution in [0.25, 0.3) is 0 Å². The van der Waals surface area contributed by atoms with Crippen LogP contribution in [0.3, 0.4) is 0 Å². The minimum atomic E-state index is 0.628. The quantitative estimate of drug-likeness (QED) is 0.919. The lowest BCUT2D eigenvalue weighted by Gasteiger charge is -2.27. The van der Waals surface area contributed by atoms with Crippen LogP contribution < -0.4 is 5.32 Å². The molecule has 20 heavy (non-hydrogen) atoms.